The molecule has 6 heteroatoms. The van der Waals surface area contributed by atoms with Crippen molar-refractivity contribution in [2.45, 2.75) is 44.8 Å². The predicted octanol–water partition coefficient (Wildman–Crippen LogP) is 3.19. The molecule has 2 aromatic rings. The van der Waals surface area contributed by atoms with Crippen LogP contribution in [0.2, 0.25) is 0 Å². The summed E-state index contributed by atoms with van der Waals surface area (Å²) in [5.41, 5.74) is 1.62. The summed E-state index contributed by atoms with van der Waals surface area (Å²) in [5.74, 6) is 0.865. The topological polar surface area (TPSA) is 69.0 Å². The number of aliphatic hydroxyl groups excluding tert-OH is 1. The molecule has 2 fully saturated rings. The van der Waals surface area contributed by atoms with E-state index in [0.29, 0.717) is 13.1 Å². The van der Waals surface area contributed by atoms with Gasteiger partial charge in [-0.3, -0.25) is 4.90 Å². The fraction of sp³-hybridized carbons (Fsp3) is 0.550. The molecular weight excluding hydrogens is 330 g/mol. The molecule has 1 aromatic heterocycles. The van der Waals surface area contributed by atoms with Gasteiger partial charge in [-0.15, -0.1) is 0 Å². The van der Waals surface area contributed by atoms with Crippen molar-refractivity contribution >= 4 is 22.7 Å². The Morgan fingerprint density at radius 1 is 1.15 bits per heavy atom. The maximum atomic E-state index is 12.6. The number of anilines is 1. The number of furan rings is 1. The standard InChI is InChI=1S/C20H27N3O3/c1-14-12-15-13-16(6-7-19(15)26-14)21-20(25)23-10-8-22(9-11-23)17-4-2-3-5-18(17)24/h6-7,12-13,17-18,24H,2-5,8-11H2,1H3,(H,21,25)/t17-,18-/m1/s1. The van der Waals surface area contributed by atoms with Crippen LogP contribution < -0.4 is 5.32 Å². The van der Waals surface area contributed by atoms with E-state index in [1.165, 1.54) is 6.42 Å². The van der Waals surface area contributed by atoms with Gasteiger partial charge in [-0.1, -0.05) is 12.8 Å². The second-order valence-electron chi connectivity index (χ2n) is 7.48. The van der Waals surface area contributed by atoms with Crippen LogP contribution in [0.25, 0.3) is 11.0 Å². The number of nitrogens with zero attached hydrogens (tertiary/aromatic N) is 2. The first-order valence-electron chi connectivity index (χ1n) is 9.58. The zero-order valence-corrected chi connectivity index (χ0v) is 15.3. The van der Waals surface area contributed by atoms with Crippen LogP contribution in [0.1, 0.15) is 31.4 Å². The van der Waals surface area contributed by atoms with Gasteiger partial charge in [0.15, 0.2) is 0 Å². The molecule has 0 radical (unpaired) electrons. The van der Waals surface area contributed by atoms with Crippen molar-refractivity contribution in [2.75, 3.05) is 31.5 Å². The fourth-order valence-corrected chi connectivity index (χ4v) is 4.23. The Labute approximate surface area is 153 Å². The van der Waals surface area contributed by atoms with Gasteiger partial charge in [-0.25, -0.2) is 4.79 Å². The number of urea groups is 1. The lowest BCUT2D eigenvalue weighted by Crippen LogP contribution is -2.56. The lowest BCUT2D eigenvalue weighted by molar-refractivity contribution is 0.00275. The number of amides is 2. The van der Waals surface area contributed by atoms with E-state index in [1.54, 1.807) is 0 Å². The van der Waals surface area contributed by atoms with Crippen LogP contribution in [-0.4, -0.2) is 59.3 Å². The maximum Gasteiger partial charge on any atom is 0.321 e. The van der Waals surface area contributed by atoms with Gasteiger partial charge >= 0.3 is 6.03 Å². The summed E-state index contributed by atoms with van der Waals surface area (Å²) in [7, 11) is 0. The van der Waals surface area contributed by atoms with E-state index in [0.717, 1.165) is 54.8 Å². The summed E-state index contributed by atoms with van der Waals surface area (Å²) in [6.07, 6.45) is 4.08. The Morgan fingerprint density at radius 2 is 1.92 bits per heavy atom. The van der Waals surface area contributed by atoms with Crippen molar-refractivity contribution in [1.82, 2.24) is 9.80 Å². The zero-order chi connectivity index (χ0) is 18.1. The van der Waals surface area contributed by atoms with Gasteiger partial charge in [0.25, 0.3) is 0 Å². The molecule has 2 heterocycles. The smallest absolute Gasteiger partial charge is 0.321 e. The Hall–Kier alpha value is -2.05. The number of carbonyl (C=O) groups is 1. The second-order valence-corrected chi connectivity index (χ2v) is 7.48. The van der Waals surface area contributed by atoms with Gasteiger partial charge in [0, 0.05) is 43.3 Å². The van der Waals surface area contributed by atoms with Gasteiger partial charge in [0.2, 0.25) is 0 Å². The van der Waals surface area contributed by atoms with Crippen molar-refractivity contribution < 1.29 is 14.3 Å². The van der Waals surface area contributed by atoms with Crippen LogP contribution in [0.15, 0.2) is 28.7 Å². The molecule has 26 heavy (non-hydrogen) atoms. The van der Waals surface area contributed by atoms with Crippen molar-refractivity contribution in [3.8, 4) is 0 Å². The number of aliphatic hydroxyl groups is 1. The van der Waals surface area contributed by atoms with Gasteiger partial charge in [-0.2, -0.15) is 0 Å². The van der Waals surface area contributed by atoms with E-state index in [-0.39, 0.29) is 18.2 Å². The summed E-state index contributed by atoms with van der Waals surface area (Å²) < 4.78 is 5.57. The molecular formula is C20H27N3O3. The molecule has 1 saturated carbocycles. The number of aryl methyl sites for hydroxylation is 1. The first-order chi connectivity index (χ1) is 12.6. The summed E-state index contributed by atoms with van der Waals surface area (Å²) in [4.78, 5) is 16.8. The first-order valence-corrected chi connectivity index (χ1v) is 9.58. The number of nitrogens with one attached hydrogen (secondary N) is 1. The lowest BCUT2D eigenvalue weighted by atomic mass is 9.91. The van der Waals surface area contributed by atoms with Gasteiger partial charge in [0.1, 0.15) is 11.3 Å². The molecule has 4 rings (SSSR count). The highest BCUT2D eigenvalue weighted by atomic mass is 16.3. The largest absolute Gasteiger partial charge is 0.461 e. The quantitative estimate of drug-likeness (QED) is 0.866. The van der Waals surface area contributed by atoms with E-state index in [1.807, 2.05) is 36.1 Å². The third-order valence-electron chi connectivity index (χ3n) is 5.66. The summed E-state index contributed by atoms with van der Waals surface area (Å²) in [6.45, 7) is 4.97. The minimum absolute atomic E-state index is 0.0617. The highest BCUT2D eigenvalue weighted by Crippen LogP contribution is 2.25. The van der Waals surface area contributed by atoms with Gasteiger partial charge < -0.3 is 19.7 Å². The van der Waals surface area contributed by atoms with Crippen molar-refractivity contribution in [3.63, 3.8) is 0 Å². The Kier molecular flexibility index (Phi) is 4.87. The fourth-order valence-electron chi connectivity index (χ4n) is 4.23. The first kappa shape index (κ1) is 17.4. The molecule has 2 N–H and O–H groups in total. The number of hydrogen-bond donors (Lipinski definition) is 2. The Balaban J connectivity index is 1.34. The second kappa shape index (κ2) is 7.29. The van der Waals surface area contributed by atoms with Crippen molar-refractivity contribution in [2.24, 2.45) is 0 Å². The number of hydrogen-bond acceptors (Lipinski definition) is 4. The van der Waals surface area contributed by atoms with E-state index in [4.69, 9.17) is 4.42 Å². The zero-order valence-electron chi connectivity index (χ0n) is 15.3. The van der Waals surface area contributed by atoms with Crippen LogP contribution in [0, 0.1) is 6.92 Å². The molecule has 2 aliphatic rings. The SMILES string of the molecule is Cc1cc2cc(NC(=O)N3CCN([C@@H]4CCCC[C@H]4O)CC3)ccc2o1. The minimum Gasteiger partial charge on any atom is -0.461 e. The van der Waals surface area contributed by atoms with E-state index in [9.17, 15) is 9.90 Å². The molecule has 0 spiro atoms. The van der Waals surface area contributed by atoms with Crippen LogP contribution in [0.5, 0.6) is 0 Å². The van der Waals surface area contributed by atoms with Crippen molar-refractivity contribution in [1.29, 1.82) is 0 Å². The number of carbonyl (C=O) groups excluding carboxylic acids is 1. The molecule has 0 bridgehead atoms. The molecule has 1 aromatic carbocycles. The summed E-state index contributed by atoms with van der Waals surface area (Å²) in [6, 6.07) is 7.88. The molecule has 140 valence electrons. The Bertz CT molecular complexity index is 780. The summed E-state index contributed by atoms with van der Waals surface area (Å²) in [5, 5.41) is 14.2. The predicted molar refractivity (Wildman–Crippen MR) is 101 cm³/mol. The molecule has 6 nitrogen and oxygen atoms in total. The maximum absolute atomic E-state index is 12.6. The normalized spacial score (nSPS) is 24.8. The van der Waals surface area contributed by atoms with Crippen LogP contribution in [-0.2, 0) is 0 Å². The number of benzene rings is 1. The third kappa shape index (κ3) is 3.57. The third-order valence-corrected chi connectivity index (χ3v) is 5.66. The van der Waals surface area contributed by atoms with E-state index >= 15 is 0 Å². The number of piperazine rings is 1. The monoisotopic (exact) mass is 357 g/mol. The molecule has 2 amide bonds. The Morgan fingerprint density at radius 3 is 2.69 bits per heavy atom. The molecule has 1 aliphatic heterocycles. The number of fused-ring (bicyclic) bond motifs is 1. The minimum atomic E-state index is -0.214. The van der Waals surface area contributed by atoms with Gasteiger partial charge in [-0.05, 0) is 44.0 Å². The molecule has 1 saturated heterocycles. The van der Waals surface area contributed by atoms with E-state index < -0.39 is 0 Å². The van der Waals surface area contributed by atoms with E-state index in [2.05, 4.69) is 10.2 Å². The highest BCUT2D eigenvalue weighted by Gasteiger charge is 2.31. The van der Waals surface area contributed by atoms with Crippen LogP contribution in [0.3, 0.4) is 0 Å². The average Bonchev–Trinajstić information content (AvgIpc) is 3.01. The molecule has 2 atom stereocenters. The van der Waals surface area contributed by atoms with Gasteiger partial charge in [0.05, 0.1) is 6.10 Å². The lowest BCUT2D eigenvalue weighted by Gasteiger charge is -2.42. The van der Waals surface area contributed by atoms with Crippen LogP contribution >= 0.6 is 0 Å². The summed E-state index contributed by atoms with van der Waals surface area (Å²) >= 11 is 0. The number of rotatable bonds is 2. The molecule has 1 aliphatic carbocycles. The highest BCUT2D eigenvalue weighted by molar-refractivity contribution is 5.92. The van der Waals surface area contributed by atoms with Crippen LogP contribution in [0.4, 0.5) is 10.5 Å². The average molecular weight is 357 g/mol. The van der Waals surface area contributed by atoms with Crippen molar-refractivity contribution in [3.05, 3.63) is 30.0 Å². The molecule has 0 unspecified atom stereocenters.